The van der Waals surface area contributed by atoms with Crippen molar-refractivity contribution in [1.29, 1.82) is 0 Å². The summed E-state index contributed by atoms with van der Waals surface area (Å²) in [5.74, 6) is 0.691. The molecule has 0 aromatic heterocycles. The van der Waals surface area contributed by atoms with Gasteiger partial charge in [-0.2, -0.15) is 0 Å². The molecule has 1 N–H and O–H groups in total. The van der Waals surface area contributed by atoms with Crippen LogP contribution in [0.3, 0.4) is 0 Å². The first-order valence-corrected chi connectivity index (χ1v) is 6.55. The fourth-order valence-electron chi connectivity index (χ4n) is 2.75. The quantitative estimate of drug-likeness (QED) is 0.780. The molecule has 1 nitrogen and oxygen atoms in total. The largest absolute Gasteiger partial charge is 0.314 e. The van der Waals surface area contributed by atoms with Crippen LogP contribution in [-0.2, 0) is 0 Å². The first-order chi connectivity index (χ1) is 8.33. The fourth-order valence-corrected chi connectivity index (χ4v) is 2.75. The van der Waals surface area contributed by atoms with E-state index in [2.05, 4.69) is 54.7 Å². The number of hydrogen-bond donors (Lipinski definition) is 1. The third-order valence-corrected chi connectivity index (χ3v) is 3.91. The number of fused-ring (bicyclic) bond motifs is 1. The number of benzene rings is 2. The van der Waals surface area contributed by atoms with E-state index in [1.807, 2.05) is 0 Å². The average Bonchev–Trinajstić information content (AvgIpc) is 2.39. The molecule has 17 heavy (non-hydrogen) atoms. The van der Waals surface area contributed by atoms with Crippen LogP contribution in [0.5, 0.6) is 0 Å². The zero-order valence-electron chi connectivity index (χ0n) is 10.3. The van der Waals surface area contributed by atoms with E-state index in [0.717, 1.165) is 6.54 Å². The van der Waals surface area contributed by atoms with Crippen LogP contribution in [0.15, 0.2) is 42.5 Å². The van der Waals surface area contributed by atoms with Crippen molar-refractivity contribution in [3.8, 4) is 0 Å². The first kappa shape index (κ1) is 10.8. The molecule has 2 aromatic rings. The molecule has 88 valence electrons. The van der Waals surface area contributed by atoms with Crippen LogP contribution in [0.2, 0.25) is 0 Å². The fraction of sp³-hybridized carbons (Fsp3) is 0.375. The summed E-state index contributed by atoms with van der Waals surface area (Å²) in [6.07, 6.45) is 2.60. The minimum Gasteiger partial charge on any atom is -0.314 e. The molecule has 2 atom stereocenters. The van der Waals surface area contributed by atoms with Crippen LogP contribution in [0.25, 0.3) is 10.8 Å². The normalized spacial score (nSPS) is 25.0. The Morgan fingerprint density at radius 3 is 2.59 bits per heavy atom. The molecule has 1 fully saturated rings. The van der Waals surface area contributed by atoms with Crippen molar-refractivity contribution in [2.45, 2.75) is 31.7 Å². The Morgan fingerprint density at radius 2 is 1.82 bits per heavy atom. The highest BCUT2D eigenvalue weighted by atomic mass is 14.9. The van der Waals surface area contributed by atoms with E-state index in [0.29, 0.717) is 12.0 Å². The Kier molecular flexibility index (Phi) is 2.86. The first-order valence-electron chi connectivity index (χ1n) is 6.55. The average molecular weight is 225 g/mol. The summed E-state index contributed by atoms with van der Waals surface area (Å²) >= 11 is 0. The molecule has 1 heterocycles. The minimum absolute atomic E-state index is 0.687. The maximum Gasteiger partial charge on any atom is 0.00391 e. The van der Waals surface area contributed by atoms with E-state index in [1.165, 1.54) is 29.2 Å². The smallest absolute Gasteiger partial charge is 0.00391 e. The molecule has 2 unspecified atom stereocenters. The second kappa shape index (κ2) is 4.50. The van der Waals surface area contributed by atoms with Gasteiger partial charge in [-0.25, -0.2) is 0 Å². The number of nitrogens with one attached hydrogen (secondary N) is 1. The highest BCUT2D eigenvalue weighted by molar-refractivity contribution is 5.83. The van der Waals surface area contributed by atoms with Crippen molar-refractivity contribution in [2.75, 3.05) is 6.54 Å². The summed E-state index contributed by atoms with van der Waals surface area (Å²) in [4.78, 5) is 0. The third kappa shape index (κ3) is 2.20. The standard InChI is InChI=1S/C16H19N/c1-12-6-7-16(11-17-12)15-9-8-13-4-2-3-5-14(13)10-15/h2-5,8-10,12,16-17H,6-7,11H2,1H3. The molecular weight excluding hydrogens is 206 g/mol. The van der Waals surface area contributed by atoms with E-state index >= 15 is 0 Å². The van der Waals surface area contributed by atoms with Crippen molar-refractivity contribution in [2.24, 2.45) is 0 Å². The second-order valence-electron chi connectivity index (χ2n) is 5.19. The van der Waals surface area contributed by atoms with Crippen LogP contribution in [0.1, 0.15) is 31.2 Å². The zero-order chi connectivity index (χ0) is 11.7. The maximum absolute atomic E-state index is 3.58. The van der Waals surface area contributed by atoms with Gasteiger partial charge in [-0.05, 0) is 42.0 Å². The minimum atomic E-state index is 0.687. The van der Waals surface area contributed by atoms with E-state index in [4.69, 9.17) is 0 Å². The van der Waals surface area contributed by atoms with E-state index < -0.39 is 0 Å². The molecule has 0 spiro atoms. The predicted octanol–water partition coefficient (Wildman–Crippen LogP) is 3.70. The van der Waals surface area contributed by atoms with Crippen molar-refractivity contribution in [3.63, 3.8) is 0 Å². The summed E-state index contributed by atoms with van der Waals surface area (Å²) < 4.78 is 0. The summed E-state index contributed by atoms with van der Waals surface area (Å²) in [6, 6.07) is 16.2. The van der Waals surface area contributed by atoms with Gasteiger partial charge in [0.15, 0.2) is 0 Å². The van der Waals surface area contributed by atoms with Crippen LogP contribution < -0.4 is 5.32 Å². The molecule has 2 aromatic carbocycles. The third-order valence-electron chi connectivity index (χ3n) is 3.91. The lowest BCUT2D eigenvalue weighted by molar-refractivity contribution is 0.385. The van der Waals surface area contributed by atoms with E-state index in [9.17, 15) is 0 Å². The van der Waals surface area contributed by atoms with Crippen molar-refractivity contribution in [3.05, 3.63) is 48.0 Å². The SMILES string of the molecule is CC1CCC(c2ccc3ccccc3c2)CN1. The van der Waals surface area contributed by atoms with Gasteiger partial charge in [0.05, 0.1) is 0 Å². The highest BCUT2D eigenvalue weighted by Gasteiger charge is 2.18. The lowest BCUT2D eigenvalue weighted by atomic mass is 9.88. The molecular formula is C16H19N. The number of rotatable bonds is 1. The molecule has 3 rings (SSSR count). The monoisotopic (exact) mass is 225 g/mol. The molecule has 0 bridgehead atoms. The van der Waals surface area contributed by atoms with E-state index in [1.54, 1.807) is 0 Å². The molecule has 0 amide bonds. The molecule has 1 aliphatic rings. The Bertz CT molecular complexity index is 510. The van der Waals surface area contributed by atoms with Crippen LogP contribution >= 0.6 is 0 Å². The molecule has 1 aliphatic heterocycles. The van der Waals surface area contributed by atoms with Gasteiger partial charge in [0.2, 0.25) is 0 Å². The molecule has 0 radical (unpaired) electrons. The van der Waals surface area contributed by atoms with Crippen LogP contribution in [-0.4, -0.2) is 12.6 Å². The van der Waals surface area contributed by atoms with Crippen molar-refractivity contribution >= 4 is 10.8 Å². The van der Waals surface area contributed by atoms with Crippen molar-refractivity contribution in [1.82, 2.24) is 5.32 Å². The summed E-state index contributed by atoms with van der Waals surface area (Å²) in [5, 5.41) is 6.28. The lowest BCUT2D eigenvalue weighted by Gasteiger charge is -2.28. The Balaban J connectivity index is 1.90. The van der Waals surface area contributed by atoms with Gasteiger partial charge in [-0.3, -0.25) is 0 Å². The number of piperidine rings is 1. The predicted molar refractivity (Wildman–Crippen MR) is 73.4 cm³/mol. The maximum atomic E-state index is 3.58. The summed E-state index contributed by atoms with van der Waals surface area (Å²) in [7, 11) is 0. The number of hydrogen-bond acceptors (Lipinski definition) is 1. The summed E-state index contributed by atoms with van der Waals surface area (Å²) in [6.45, 7) is 3.40. The van der Waals surface area contributed by atoms with Crippen molar-refractivity contribution < 1.29 is 0 Å². The molecule has 1 saturated heterocycles. The zero-order valence-corrected chi connectivity index (χ0v) is 10.3. The Hall–Kier alpha value is -1.34. The van der Waals surface area contributed by atoms with Crippen LogP contribution in [0.4, 0.5) is 0 Å². The van der Waals surface area contributed by atoms with Gasteiger partial charge >= 0.3 is 0 Å². The second-order valence-corrected chi connectivity index (χ2v) is 5.19. The molecule has 1 heteroatoms. The molecule has 0 aliphatic carbocycles. The van der Waals surface area contributed by atoms with Gasteiger partial charge in [0, 0.05) is 12.6 Å². The topological polar surface area (TPSA) is 12.0 Å². The van der Waals surface area contributed by atoms with Gasteiger partial charge in [0.25, 0.3) is 0 Å². The Morgan fingerprint density at radius 1 is 1.00 bits per heavy atom. The molecule has 0 saturated carbocycles. The van der Waals surface area contributed by atoms with Gasteiger partial charge < -0.3 is 5.32 Å². The van der Waals surface area contributed by atoms with Gasteiger partial charge in [-0.15, -0.1) is 0 Å². The highest BCUT2D eigenvalue weighted by Crippen LogP contribution is 2.27. The van der Waals surface area contributed by atoms with Gasteiger partial charge in [-0.1, -0.05) is 42.5 Å². The van der Waals surface area contributed by atoms with Gasteiger partial charge in [0.1, 0.15) is 0 Å². The Labute approximate surface area is 103 Å². The summed E-state index contributed by atoms with van der Waals surface area (Å²) in [5.41, 5.74) is 1.49. The van der Waals surface area contributed by atoms with E-state index in [-0.39, 0.29) is 0 Å². The van der Waals surface area contributed by atoms with Crippen LogP contribution in [0, 0.1) is 0 Å². The lowest BCUT2D eigenvalue weighted by Crippen LogP contribution is -2.35.